The Bertz CT molecular complexity index is 901. The van der Waals surface area contributed by atoms with Crippen LogP contribution in [0.2, 0.25) is 0 Å². The second-order valence-electron chi connectivity index (χ2n) is 6.91. The predicted molar refractivity (Wildman–Crippen MR) is 99.8 cm³/mol. The summed E-state index contributed by atoms with van der Waals surface area (Å²) >= 11 is 0. The van der Waals surface area contributed by atoms with Crippen LogP contribution in [0, 0.1) is 0 Å². The maximum atomic E-state index is 6.50. The first-order valence-electron chi connectivity index (χ1n) is 9.19. The molecule has 0 atom stereocenters. The summed E-state index contributed by atoms with van der Waals surface area (Å²) in [5, 5.41) is 0. The highest BCUT2D eigenvalue weighted by atomic mass is 16.7. The molecular weight excluding hydrogens is 344 g/mol. The van der Waals surface area contributed by atoms with Crippen LogP contribution in [0.4, 0.5) is 0 Å². The zero-order valence-corrected chi connectivity index (χ0v) is 15.5. The number of ether oxygens (including phenoxy) is 4. The fourth-order valence-electron chi connectivity index (χ4n) is 3.88. The molecule has 0 unspecified atom stereocenters. The van der Waals surface area contributed by atoms with Gasteiger partial charge in [-0.25, -0.2) is 0 Å². The van der Waals surface area contributed by atoms with E-state index in [0.29, 0.717) is 0 Å². The van der Waals surface area contributed by atoms with E-state index in [1.54, 1.807) is 14.2 Å². The summed E-state index contributed by atoms with van der Waals surface area (Å²) in [5.41, 5.74) is 1.98. The minimum atomic E-state index is -1.00. The monoisotopic (exact) mass is 366 g/mol. The topological polar surface area (TPSA) is 42.9 Å². The van der Waals surface area contributed by atoms with Crippen LogP contribution in [0.25, 0.3) is 0 Å². The SMILES string of the molecule is COc1ccc2c(c1)C=[N+]1CCCC[N+]3=Cc4cc(OC)ccc4OC13O2. The first-order chi connectivity index (χ1) is 13.2. The lowest BCUT2D eigenvalue weighted by atomic mass is 10.1. The first-order valence-corrected chi connectivity index (χ1v) is 9.19. The molecule has 0 radical (unpaired) electrons. The lowest BCUT2D eigenvalue weighted by Crippen LogP contribution is -2.63. The molecule has 2 aromatic rings. The van der Waals surface area contributed by atoms with Gasteiger partial charge < -0.3 is 18.9 Å². The van der Waals surface area contributed by atoms with Gasteiger partial charge in [0.05, 0.1) is 25.3 Å². The van der Waals surface area contributed by atoms with Crippen molar-refractivity contribution in [1.82, 2.24) is 0 Å². The van der Waals surface area contributed by atoms with Gasteiger partial charge in [0, 0.05) is 12.8 Å². The zero-order chi connectivity index (χ0) is 18.4. The van der Waals surface area contributed by atoms with Crippen molar-refractivity contribution in [2.75, 3.05) is 27.3 Å². The maximum absolute atomic E-state index is 6.50. The van der Waals surface area contributed by atoms with E-state index in [-0.39, 0.29) is 0 Å². The summed E-state index contributed by atoms with van der Waals surface area (Å²) in [7, 11) is 3.34. The van der Waals surface area contributed by atoms with Gasteiger partial charge in [-0.3, -0.25) is 0 Å². The lowest BCUT2D eigenvalue weighted by Gasteiger charge is -2.30. The molecular formula is C21H22N2O4+2. The standard InChI is InChI=1S/C21H22N2O4/c1-24-17-5-7-19-15(11-17)13-22-9-3-4-10-23-14-16-12-18(25-2)6-8-20(16)27-21(22,23)26-19/h5-8,11-14H,3-4,9-10H2,1-2H3/q+2. The Morgan fingerprint density at radius 1 is 0.778 bits per heavy atom. The molecule has 138 valence electrons. The van der Waals surface area contributed by atoms with Gasteiger partial charge in [0.15, 0.2) is 37.0 Å². The zero-order valence-electron chi connectivity index (χ0n) is 15.5. The van der Waals surface area contributed by atoms with Crippen molar-refractivity contribution >= 4 is 12.4 Å². The third-order valence-corrected chi connectivity index (χ3v) is 5.28. The van der Waals surface area contributed by atoms with E-state index in [2.05, 4.69) is 21.6 Å². The molecule has 3 heterocycles. The smallest absolute Gasteiger partial charge is 0.497 e. The molecule has 3 aliphatic rings. The van der Waals surface area contributed by atoms with Gasteiger partial charge in [0.25, 0.3) is 0 Å². The van der Waals surface area contributed by atoms with Gasteiger partial charge in [-0.05, 0) is 36.4 Å². The quantitative estimate of drug-likeness (QED) is 0.766. The van der Waals surface area contributed by atoms with Gasteiger partial charge in [0.2, 0.25) is 0 Å². The number of hydrogen-bond donors (Lipinski definition) is 0. The molecule has 0 saturated carbocycles. The molecule has 27 heavy (non-hydrogen) atoms. The van der Waals surface area contributed by atoms with E-state index in [1.165, 1.54) is 0 Å². The number of hydrogen-bond acceptors (Lipinski definition) is 4. The van der Waals surface area contributed by atoms with Crippen LogP contribution < -0.4 is 18.9 Å². The molecule has 0 aliphatic carbocycles. The minimum absolute atomic E-state index is 0.782. The van der Waals surface area contributed by atoms with Crippen molar-refractivity contribution in [1.29, 1.82) is 0 Å². The van der Waals surface area contributed by atoms with Gasteiger partial charge in [-0.15, -0.1) is 0 Å². The van der Waals surface area contributed by atoms with E-state index in [4.69, 9.17) is 18.9 Å². The molecule has 1 saturated heterocycles. The number of nitrogens with zero attached hydrogens (tertiary/aromatic N) is 2. The van der Waals surface area contributed by atoms with E-state index in [1.807, 2.05) is 36.4 Å². The van der Waals surface area contributed by atoms with Crippen molar-refractivity contribution in [3.63, 3.8) is 0 Å². The van der Waals surface area contributed by atoms with Gasteiger partial charge in [0.1, 0.15) is 11.5 Å². The van der Waals surface area contributed by atoms with Crippen molar-refractivity contribution in [3.05, 3.63) is 47.5 Å². The molecule has 0 bridgehead atoms. The third-order valence-electron chi connectivity index (χ3n) is 5.28. The van der Waals surface area contributed by atoms with Crippen LogP contribution in [0.1, 0.15) is 24.0 Å². The molecule has 1 spiro atoms. The minimum Gasteiger partial charge on any atom is -0.497 e. The van der Waals surface area contributed by atoms with Crippen LogP contribution in [-0.2, 0) is 0 Å². The molecule has 0 aromatic heterocycles. The van der Waals surface area contributed by atoms with Gasteiger partial charge >= 0.3 is 6.03 Å². The fraction of sp³-hybridized carbons (Fsp3) is 0.333. The lowest BCUT2D eigenvalue weighted by molar-refractivity contribution is -0.903. The first kappa shape index (κ1) is 16.2. The largest absolute Gasteiger partial charge is 0.703 e. The van der Waals surface area contributed by atoms with Crippen LogP contribution >= 0.6 is 0 Å². The van der Waals surface area contributed by atoms with E-state index in [9.17, 15) is 0 Å². The Morgan fingerprint density at radius 2 is 1.26 bits per heavy atom. The average Bonchev–Trinajstić information content (AvgIpc) is 2.88. The van der Waals surface area contributed by atoms with Crippen LogP contribution in [-0.4, -0.2) is 54.9 Å². The second kappa shape index (κ2) is 6.01. The Labute approximate surface area is 157 Å². The fourth-order valence-corrected chi connectivity index (χ4v) is 3.88. The molecule has 2 aromatic carbocycles. The van der Waals surface area contributed by atoms with Crippen molar-refractivity contribution in [2.45, 2.75) is 18.9 Å². The Balaban J connectivity index is 1.65. The van der Waals surface area contributed by atoms with Crippen LogP contribution in [0.5, 0.6) is 23.0 Å². The maximum Gasteiger partial charge on any atom is 0.703 e. The predicted octanol–water partition coefficient (Wildman–Crippen LogP) is 2.46. The summed E-state index contributed by atoms with van der Waals surface area (Å²) < 4.78 is 28.0. The van der Waals surface area contributed by atoms with Crippen molar-refractivity contribution in [2.24, 2.45) is 0 Å². The van der Waals surface area contributed by atoms with E-state index >= 15 is 0 Å². The summed E-state index contributed by atoms with van der Waals surface area (Å²) in [6, 6.07) is 10.7. The normalized spacial score (nSPS) is 18.7. The molecule has 3 aliphatic heterocycles. The molecule has 0 amide bonds. The van der Waals surface area contributed by atoms with Crippen LogP contribution in [0.3, 0.4) is 0 Å². The summed E-state index contributed by atoms with van der Waals surface area (Å²) in [6.07, 6.45) is 6.35. The Kier molecular flexibility index (Phi) is 3.60. The number of rotatable bonds is 2. The molecule has 1 fully saturated rings. The highest BCUT2D eigenvalue weighted by molar-refractivity contribution is 5.83. The van der Waals surface area contributed by atoms with Gasteiger partial charge in [-0.1, -0.05) is 9.15 Å². The second-order valence-corrected chi connectivity index (χ2v) is 6.91. The van der Waals surface area contributed by atoms with E-state index in [0.717, 1.165) is 60.1 Å². The van der Waals surface area contributed by atoms with Crippen molar-refractivity contribution in [3.8, 4) is 23.0 Å². The highest BCUT2D eigenvalue weighted by Gasteiger charge is 2.64. The summed E-state index contributed by atoms with van der Waals surface area (Å²) in [5.74, 6) is 3.18. The molecule has 0 N–H and O–H groups in total. The Morgan fingerprint density at radius 3 is 1.70 bits per heavy atom. The van der Waals surface area contributed by atoms with E-state index < -0.39 is 6.03 Å². The third kappa shape index (κ3) is 2.47. The molecule has 6 nitrogen and oxygen atoms in total. The van der Waals surface area contributed by atoms with Crippen molar-refractivity contribution < 1.29 is 28.1 Å². The highest BCUT2D eigenvalue weighted by Crippen LogP contribution is 2.37. The molecule has 6 heteroatoms. The number of fused-ring (bicyclic) bond motifs is 2. The summed E-state index contributed by atoms with van der Waals surface area (Å²) in [4.78, 5) is 0. The number of benzene rings is 2. The number of methoxy groups -OCH3 is 2. The average molecular weight is 366 g/mol. The van der Waals surface area contributed by atoms with Gasteiger partial charge in [-0.2, -0.15) is 0 Å². The summed E-state index contributed by atoms with van der Waals surface area (Å²) in [6.45, 7) is 1.71. The van der Waals surface area contributed by atoms with Crippen LogP contribution in [0.15, 0.2) is 36.4 Å². The Hall–Kier alpha value is -3.02. The molecule has 5 rings (SSSR count).